The number of ether oxygens (including phenoxy) is 1. The van der Waals surface area contributed by atoms with Crippen LogP contribution in [0.4, 0.5) is 0 Å². The SMILES string of the molecule is COC(=O)[C@@H](Cc1ccc(O)cc1)NC(=O)[C@@H](N)CC(=O)O. The molecule has 5 N–H and O–H groups in total. The summed E-state index contributed by atoms with van der Waals surface area (Å²) in [5.74, 6) is -2.57. The molecule has 0 aliphatic rings. The van der Waals surface area contributed by atoms with E-state index >= 15 is 0 Å². The first kappa shape index (κ1) is 17.4. The quantitative estimate of drug-likeness (QED) is 0.493. The second kappa shape index (κ2) is 7.99. The number of phenols is 1. The van der Waals surface area contributed by atoms with Gasteiger partial charge in [0, 0.05) is 6.42 Å². The highest BCUT2D eigenvalue weighted by atomic mass is 16.5. The van der Waals surface area contributed by atoms with Gasteiger partial charge in [0.2, 0.25) is 5.91 Å². The van der Waals surface area contributed by atoms with Crippen molar-refractivity contribution in [2.24, 2.45) is 5.73 Å². The van der Waals surface area contributed by atoms with Crippen LogP contribution in [0.25, 0.3) is 0 Å². The molecule has 0 radical (unpaired) electrons. The summed E-state index contributed by atoms with van der Waals surface area (Å²) < 4.78 is 4.61. The number of amides is 1. The molecule has 0 fully saturated rings. The van der Waals surface area contributed by atoms with Crippen LogP contribution in [-0.4, -0.2) is 47.3 Å². The maximum absolute atomic E-state index is 11.8. The normalized spacial score (nSPS) is 13.0. The number of carbonyl (C=O) groups is 3. The number of methoxy groups -OCH3 is 1. The first-order chi connectivity index (χ1) is 10.3. The second-order valence-corrected chi connectivity index (χ2v) is 4.66. The summed E-state index contributed by atoms with van der Waals surface area (Å²) in [6.45, 7) is 0. The number of rotatable bonds is 7. The van der Waals surface area contributed by atoms with Gasteiger partial charge in [-0.1, -0.05) is 12.1 Å². The van der Waals surface area contributed by atoms with Gasteiger partial charge >= 0.3 is 11.9 Å². The minimum absolute atomic E-state index is 0.0749. The van der Waals surface area contributed by atoms with E-state index in [4.69, 9.17) is 10.8 Å². The molecule has 22 heavy (non-hydrogen) atoms. The maximum Gasteiger partial charge on any atom is 0.328 e. The van der Waals surface area contributed by atoms with E-state index in [2.05, 4.69) is 10.1 Å². The molecule has 8 nitrogen and oxygen atoms in total. The lowest BCUT2D eigenvalue weighted by Gasteiger charge is -2.18. The molecule has 0 saturated heterocycles. The Labute approximate surface area is 126 Å². The summed E-state index contributed by atoms with van der Waals surface area (Å²) in [4.78, 5) is 34.1. The number of carboxylic acid groups (broad SMARTS) is 1. The summed E-state index contributed by atoms with van der Waals surface area (Å²) in [7, 11) is 1.18. The lowest BCUT2D eigenvalue weighted by molar-refractivity contribution is -0.145. The molecular formula is C14H18N2O6. The van der Waals surface area contributed by atoms with Gasteiger partial charge in [-0.2, -0.15) is 0 Å². The molecule has 0 spiro atoms. The number of hydrogen-bond donors (Lipinski definition) is 4. The van der Waals surface area contributed by atoms with Crippen molar-refractivity contribution in [3.05, 3.63) is 29.8 Å². The van der Waals surface area contributed by atoms with Crippen molar-refractivity contribution in [1.29, 1.82) is 0 Å². The van der Waals surface area contributed by atoms with Gasteiger partial charge in [-0.15, -0.1) is 0 Å². The highest BCUT2D eigenvalue weighted by Crippen LogP contribution is 2.12. The largest absolute Gasteiger partial charge is 0.508 e. The first-order valence-corrected chi connectivity index (χ1v) is 6.47. The van der Waals surface area contributed by atoms with Gasteiger partial charge in [0.1, 0.15) is 11.8 Å². The van der Waals surface area contributed by atoms with Crippen LogP contribution < -0.4 is 11.1 Å². The molecule has 8 heteroatoms. The molecule has 0 bridgehead atoms. The number of phenolic OH excluding ortho intramolecular Hbond substituents is 1. The molecular weight excluding hydrogens is 292 g/mol. The van der Waals surface area contributed by atoms with Gasteiger partial charge in [-0.05, 0) is 17.7 Å². The molecule has 0 aliphatic heterocycles. The van der Waals surface area contributed by atoms with E-state index in [1.165, 1.54) is 19.2 Å². The lowest BCUT2D eigenvalue weighted by atomic mass is 10.0. The molecule has 1 amide bonds. The van der Waals surface area contributed by atoms with Gasteiger partial charge < -0.3 is 26.0 Å². The standard InChI is InChI=1S/C14H18N2O6/c1-22-14(21)11(6-8-2-4-9(17)5-3-8)16-13(20)10(15)7-12(18)19/h2-5,10-11,17H,6-7,15H2,1H3,(H,16,20)(H,18,19)/t10-,11+/m0/s1. The number of esters is 1. The molecule has 0 aliphatic carbocycles. The summed E-state index contributed by atoms with van der Waals surface area (Å²) in [6.07, 6.45) is -0.419. The van der Waals surface area contributed by atoms with Crippen molar-refractivity contribution in [2.45, 2.75) is 24.9 Å². The third kappa shape index (κ3) is 5.41. The van der Waals surface area contributed by atoms with Crippen molar-refractivity contribution in [2.75, 3.05) is 7.11 Å². The number of carboxylic acids is 1. The van der Waals surface area contributed by atoms with E-state index in [1.54, 1.807) is 12.1 Å². The Balaban J connectivity index is 2.76. The number of hydrogen-bond acceptors (Lipinski definition) is 6. The fourth-order valence-electron chi connectivity index (χ4n) is 1.76. The molecule has 1 rings (SSSR count). The number of benzene rings is 1. The van der Waals surface area contributed by atoms with Crippen molar-refractivity contribution in [1.82, 2.24) is 5.32 Å². The zero-order valence-electron chi connectivity index (χ0n) is 12.0. The minimum Gasteiger partial charge on any atom is -0.508 e. The predicted octanol–water partition coefficient (Wildman–Crippen LogP) is -0.605. The molecule has 1 aromatic rings. The molecule has 120 valence electrons. The fourth-order valence-corrected chi connectivity index (χ4v) is 1.76. The zero-order valence-corrected chi connectivity index (χ0v) is 12.0. The summed E-state index contributed by atoms with van der Waals surface area (Å²) in [6, 6.07) is 3.82. The van der Waals surface area contributed by atoms with Crippen molar-refractivity contribution < 1.29 is 29.3 Å². The van der Waals surface area contributed by atoms with E-state index in [-0.39, 0.29) is 12.2 Å². The van der Waals surface area contributed by atoms with Crippen molar-refractivity contribution in [3.8, 4) is 5.75 Å². The van der Waals surface area contributed by atoms with Crippen LogP contribution in [0, 0.1) is 0 Å². The zero-order chi connectivity index (χ0) is 16.7. The fraction of sp³-hybridized carbons (Fsp3) is 0.357. The number of aromatic hydroxyl groups is 1. The number of nitrogens with two attached hydrogens (primary N) is 1. The average molecular weight is 310 g/mol. The Bertz CT molecular complexity index is 543. The van der Waals surface area contributed by atoms with Gasteiger partial charge in [0.15, 0.2) is 0 Å². The lowest BCUT2D eigenvalue weighted by Crippen LogP contribution is -2.50. The number of aliphatic carboxylic acids is 1. The van der Waals surface area contributed by atoms with Crippen LogP contribution in [0.5, 0.6) is 5.75 Å². The van der Waals surface area contributed by atoms with Crippen LogP contribution in [0.15, 0.2) is 24.3 Å². The topological polar surface area (TPSA) is 139 Å². The highest BCUT2D eigenvalue weighted by molar-refractivity contribution is 5.89. The highest BCUT2D eigenvalue weighted by Gasteiger charge is 2.25. The molecule has 1 aromatic carbocycles. The Morgan fingerprint density at radius 1 is 1.27 bits per heavy atom. The van der Waals surface area contributed by atoms with Crippen LogP contribution in [0.3, 0.4) is 0 Å². The Kier molecular flexibility index (Phi) is 6.33. The summed E-state index contributed by atoms with van der Waals surface area (Å²) in [5.41, 5.74) is 6.12. The monoisotopic (exact) mass is 310 g/mol. The third-order valence-corrected chi connectivity index (χ3v) is 2.91. The Morgan fingerprint density at radius 2 is 1.86 bits per heavy atom. The van der Waals surface area contributed by atoms with E-state index in [9.17, 15) is 19.5 Å². The predicted molar refractivity (Wildman–Crippen MR) is 76.0 cm³/mol. The number of nitrogens with one attached hydrogen (secondary N) is 1. The Morgan fingerprint density at radius 3 is 2.36 bits per heavy atom. The number of carbonyl (C=O) groups excluding carboxylic acids is 2. The molecule has 0 aromatic heterocycles. The smallest absolute Gasteiger partial charge is 0.328 e. The van der Waals surface area contributed by atoms with Crippen LogP contribution in [0.2, 0.25) is 0 Å². The molecule has 0 saturated carbocycles. The van der Waals surface area contributed by atoms with E-state index in [0.717, 1.165) is 0 Å². The van der Waals surface area contributed by atoms with Crippen LogP contribution in [-0.2, 0) is 25.5 Å². The van der Waals surface area contributed by atoms with Crippen molar-refractivity contribution >= 4 is 17.8 Å². The van der Waals surface area contributed by atoms with Crippen molar-refractivity contribution in [3.63, 3.8) is 0 Å². The average Bonchev–Trinajstić information content (AvgIpc) is 2.47. The van der Waals surface area contributed by atoms with Gasteiger partial charge in [0.25, 0.3) is 0 Å². The van der Waals surface area contributed by atoms with Gasteiger partial charge in [0.05, 0.1) is 19.6 Å². The Hall–Kier alpha value is -2.61. The summed E-state index contributed by atoms with van der Waals surface area (Å²) in [5, 5.41) is 20.2. The molecule has 2 atom stereocenters. The van der Waals surface area contributed by atoms with Crippen LogP contribution in [0.1, 0.15) is 12.0 Å². The minimum atomic E-state index is -1.26. The molecule has 0 unspecified atom stereocenters. The summed E-state index contributed by atoms with van der Waals surface area (Å²) >= 11 is 0. The second-order valence-electron chi connectivity index (χ2n) is 4.66. The first-order valence-electron chi connectivity index (χ1n) is 6.47. The van der Waals surface area contributed by atoms with E-state index in [1.807, 2.05) is 0 Å². The third-order valence-electron chi connectivity index (χ3n) is 2.91. The van der Waals surface area contributed by atoms with E-state index in [0.29, 0.717) is 5.56 Å². The maximum atomic E-state index is 11.8. The van der Waals surface area contributed by atoms with E-state index < -0.39 is 36.4 Å². The van der Waals surface area contributed by atoms with Crippen LogP contribution >= 0.6 is 0 Å². The molecule has 0 heterocycles. The van der Waals surface area contributed by atoms with Gasteiger partial charge in [-0.3, -0.25) is 9.59 Å². The van der Waals surface area contributed by atoms with Gasteiger partial charge in [-0.25, -0.2) is 4.79 Å².